The monoisotopic (exact) mass is 1330 g/mol. The van der Waals surface area contributed by atoms with Crippen LogP contribution in [0.2, 0.25) is 0 Å². The molecule has 25 nitrogen and oxygen atoms in total. The zero-order valence-corrected chi connectivity index (χ0v) is 47.9. The quantitative estimate of drug-likeness (QED) is 0.0313. The van der Waals surface area contributed by atoms with Crippen molar-refractivity contribution in [3.8, 4) is 34.0 Å². The van der Waals surface area contributed by atoms with Gasteiger partial charge < -0.3 is 42.4 Å². The lowest BCUT2D eigenvalue weighted by Gasteiger charge is -2.55. The number of halogens is 8. The molecule has 34 heteroatoms. The maximum atomic E-state index is 17.6. The van der Waals surface area contributed by atoms with Crippen molar-refractivity contribution in [3.05, 3.63) is 117 Å². The van der Waals surface area contributed by atoms with Gasteiger partial charge in [0.05, 0.1) is 24.8 Å². The van der Waals surface area contributed by atoms with E-state index in [4.69, 9.17) is 47.4 Å². The van der Waals surface area contributed by atoms with E-state index in [2.05, 4.69) is 62.5 Å². The highest BCUT2D eigenvalue weighted by molar-refractivity contribution is 9.10. The van der Waals surface area contributed by atoms with Gasteiger partial charge in [0.15, 0.2) is 47.1 Å². The van der Waals surface area contributed by atoms with Crippen molar-refractivity contribution < 1.29 is 107 Å². The van der Waals surface area contributed by atoms with E-state index in [1.165, 1.54) is 24.5 Å². The van der Waals surface area contributed by atoms with E-state index in [-0.39, 0.29) is 8.95 Å². The minimum Gasteiger partial charge on any atom is -0.606 e. The zero-order valence-electron chi connectivity index (χ0n) is 43.9. The maximum absolute atomic E-state index is 17.6. The van der Waals surface area contributed by atoms with Crippen LogP contribution in [0.1, 0.15) is 53.6 Å². The molecule has 2 fully saturated rings. The van der Waals surface area contributed by atoms with E-state index in [1.807, 2.05) is 0 Å². The Morgan fingerprint density at radius 2 is 0.893 bits per heavy atom. The molecule has 2 aliphatic rings. The molecular formula is C50H42Br2F6N8O17S. The zero-order chi connectivity index (χ0) is 61.1. The van der Waals surface area contributed by atoms with Crippen LogP contribution in [0, 0.1) is 34.9 Å². The van der Waals surface area contributed by atoms with Crippen LogP contribution in [0.15, 0.2) is 82.5 Å². The average Bonchev–Trinajstić information content (AvgIpc) is 1.09. The van der Waals surface area contributed by atoms with Gasteiger partial charge in [-0.3, -0.25) is 48.2 Å². The summed E-state index contributed by atoms with van der Waals surface area (Å²) in [5.74, 6) is -18.1. The Morgan fingerprint density at radius 3 is 1.20 bits per heavy atom. The Balaban J connectivity index is 1.50. The number of esters is 6. The van der Waals surface area contributed by atoms with Crippen LogP contribution in [-0.2, 0) is 77.8 Å². The number of hydrogen-bond acceptors (Lipinski definition) is 23. The first-order valence-corrected chi connectivity index (χ1v) is 26.9. The van der Waals surface area contributed by atoms with E-state index in [9.17, 15) is 55.1 Å². The first kappa shape index (κ1) is 62.3. The predicted octanol–water partition coefficient (Wildman–Crippen LogP) is 6.00. The van der Waals surface area contributed by atoms with Crippen LogP contribution >= 0.6 is 31.9 Å². The van der Waals surface area contributed by atoms with E-state index in [0.717, 1.165) is 75.7 Å². The molecule has 8 rings (SSSR count). The molecule has 0 saturated carbocycles. The summed E-state index contributed by atoms with van der Waals surface area (Å²) >= 11 is 2.76. The Morgan fingerprint density at radius 1 is 0.548 bits per heavy atom. The van der Waals surface area contributed by atoms with Gasteiger partial charge in [0.1, 0.15) is 71.6 Å². The molecule has 446 valence electrons. The molecule has 2 aliphatic heterocycles. The third kappa shape index (κ3) is 13.4. The van der Waals surface area contributed by atoms with Gasteiger partial charge in [0.2, 0.25) is 12.2 Å². The van der Waals surface area contributed by atoms with Gasteiger partial charge in [-0.25, -0.2) is 35.7 Å². The molecule has 11 atom stereocenters. The maximum Gasteiger partial charge on any atom is 0.426 e. The predicted molar refractivity (Wildman–Crippen MR) is 273 cm³/mol. The Labute approximate surface area is 488 Å². The molecule has 0 N–H and O–H groups in total. The Bertz CT molecular complexity index is 3250. The molecule has 2 saturated heterocycles. The fourth-order valence-corrected chi connectivity index (χ4v) is 11.6. The number of pyridine rings is 2. The highest BCUT2D eigenvalue weighted by Crippen LogP contribution is 2.54. The summed E-state index contributed by atoms with van der Waals surface area (Å²) in [6.45, 7) is 3.39. The van der Waals surface area contributed by atoms with Crippen molar-refractivity contribution in [1.82, 2.24) is 40.0 Å². The number of aromatic nitrogens is 8. The molecule has 0 radical (unpaired) electrons. The number of ether oxygens (including phenoxy) is 10. The first-order chi connectivity index (χ1) is 39.7. The number of rotatable bonds is 18. The molecule has 6 heterocycles. The van der Waals surface area contributed by atoms with E-state index in [1.54, 1.807) is 0 Å². The minimum absolute atomic E-state index is 0.137. The lowest BCUT2D eigenvalue weighted by atomic mass is 9.94. The molecule has 6 aromatic rings. The van der Waals surface area contributed by atoms with Crippen molar-refractivity contribution in [3.63, 3.8) is 0 Å². The molecule has 0 aliphatic carbocycles. The lowest BCUT2D eigenvalue weighted by molar-refractivity contribution is -0.311. The van der Waals surface area contributed by atoms with Crippen LogP contribution in [0.5, 0.6) is 11.5 Å². The second kappa shape index (κ2) is 25.6. The summed E-state index contributed by atoms with van der Waals surface area (Å²) in [5, 5.41) is 9.20. The molecular weight excluding hydrogens is 1290 g/mol. The van der Waals surface area contributed by atoms with E-state index >= 15 is 4.55 Å². The van der Waals surface area contributed by atoms with Gasteiger partial charge in [-0.2, -0.15) is 0 Å². The number of carbonyl (C=O) groups excluding carboxylic acids is 6. The van der Waals surface area contributed by atoms with Gasteiger partial charge in [-0.05, 0) is 68.3 Å². The van der Waals surface area contributed by atoms with Crippen molar-refractivity contribution in [1.29, 1.82) is 0 Å². The summed E-state index contributed by atoms with van der Waals surface area (Å²) in [6, 6.07) is 0.378. The summed E-state index contributed by atoms with van der Waals surface area (Å²) in [4.78, 5) is 88.2. The fourth-order valence-electron chi connectivity index (χ4n) is 8.92. The van der Waals surface area contributed by atoms with Crippen LogP contribution in [0.3, 0.4) is 0 Å². The smallest absolute Gasteiger partial charge is 0.426 e. The van der Waals surface area contributed by atoms with Crippen LogP contribution in [-0.4, -0.2) is 140 Å². The summed E-state index contributed by atoms with van der Waals surface area (Å²) in [6.07, 6.45) is -6.77. The van der Waals surface area contributed by atoms with Crippen molar-refractivity contribution in [2.45, 2.75) is 100 Å². The SMILES string of the molecule is CC(=O)OC[C@@H]1O[C@](Oc2cncc(Br)c2)([S+]([O-])[C@]2(Oc3cncc(Br)c3)O[C@H](COC(C)=O)[C@H](OC(C)=O)[C@H](n3cc(-c4cc(F)c(F)c(F)c4)nn3)[C@H]2OC(C)=O)[C@@H](OC(C)=O)[C@H](n2cc(-c3cc(F)c(F)c(F)c3)nn2)[C@@H]1OC(C)=O. The van der Waals surface area contributed by atoms with E-state index in [0.29, 0.717) is 24.3 Å². The van der Waals surface area contributed by atoms with Crippen LogP contribution < -0.4 is 9.47 Å². The van der Waals surface area contributed by atoms with Crippen molar-refractivity contribution >= 4 is 78.9 Å². The highest BCUT2D eigenvalue weighted by Gasteiger charge is 2.80. The fraction of sp³-hybridized carbons (Fsp3) is 0.360. The topological polar surface area (TPSA) is 305 Å². The molecule has 1 unspecified atom stereocenters. The highest BCUT2D eigenvalue weighted by atomic mass is 79.9. The first-order valence-electron chi connectivity index (χ1n) is 24.2. The van der Waals surface area contributed by atoms with Crippen molar-refractivity contribution in [2.75, 3.05) is 13.2 Å². The Hall–Kier alpha value is -7.79. The Kier molecular flexibility index (Phi) is 19.0. The molecule has 0 bridgehead atoms. The normalized spacial score (nSPS) is 24.2. The lowest BCUT2D eigenvalue weighted by Crippen LogP contribution is -2.78. The van der Waals surface area contributed by atoms with Crippen LogP contribution in [0.4, 0.5) is 26.3 Å². The van der Waals surface area contributed by atoms with Gasteiger partial charge in [0.25, 0.3) is 0 Å². The summed E-state index contributed by atoms with van der Waals surface area (Å²) in [7, 11) is 0. The minimum atomic E-state index is -3.80. The second-order valence-corrected chi connectivity index (χ2v) is 21.6. The van der Waals surface area contributed by atoms with Gasteiger partial charge >= 0.3 is 46.1 Å². The second-order valence-electron chi connectivity index (χ2n) is 18.1. The number of carbonyl (C=O) groups is 6. The largest absolute Gasteiger partial charge is 0.606 e. The molecule has 84 heavy (non-hydrogen) atoms. The molecule has 0 spiro atoms. The average molecular weight is 1330 g/mol. The van der Waals surface area contributed by atoms with Gasteiger partial charge in [0, 0.05) is 74.0 Å². The van der Waals surface area contributed by atoms with E-state index < -0.39 is 188 Å². The standard InChI is InChI=1S/C50H42Br2F6N8O17S/c1-21(67)74-19-39-45(76-23(3)69)43(65-17-37(61-63-65)27-7-33(53)41(57)34(54)8-27)47(78-25(5)71)49(82-39,80-31-11-29(51)13-59-15-31)84(73)50(81-32-12-30(52)14-60-16-32)48(79-26(6)72)44(46(77-24(4)70)40(83-50)20-75-22(2)68)66-18-38(62-64-66)28-9-35(55)42(58)36(56)10-28/h7-18,39-40,43-48H,19-20H2,1-6H3/t39-,40+,43+,44-,45+,46-,47-,48+,49-,50+,84?. The summed E-state index contributed by atoms with van der Waals surface area (Å²) < 4.78 is 169. The molecule has 0 amide bonds. The van der Waals surface area contributed by atoms with Crippen LogP contribution in [0.25, 0.3) is 22.5 Å². The molecule has 4 aromatic heterocycles. The molecule has 2 aromatic carbocycles. The third-order valence-corrected chi connectivity index (χ3v) is 14.8. The summed E-state index contributed by atoms with van der Waals surface area (Å²) in [5.41, 5.74) is -1.79. The number of nitrogens with zero attached hydrogens (tertiary/aromatic N) is 8. The third-order valence-electron chi connectivity index (χ3n) is 12.0. The van der Waals surface area contributed by atoms with Crippen molar-refractivity contribution in [2.24, 2.45) is 0 Å². The van der Waals surface area contributed by atoms with Gasteiger partial charge in [-0.15, -0.1) is 10.2 Å². The van der Waals surface area contributed by atoms with Gasteiger partial charge in [-0.1, -0.05) is 10.4 Å². The number of benzene rings is 2. The number of hydrogen-bond donors (Lipinski definition) is 0.